The number of rotatable bonds is 11. The monoisotopic (exact) mass is 532 g/mol. The van der Waals surface area contributed by atoms with Crippen LogP contribution in [0.5, 0.6) is 5.75 Å². The molecule has 1 aromatic carbocycles. The van der Waals surface area contributed by atoms with Crippen molar-refractivity contribution < 1.29 is 33.8 Å². The van der Waals surface area contributed by atoms with Gasteiger partial charge in [-0.2, -0.15) is 0 Å². The van der Waals surface area contributed by atoms with E-state index in [1.807, 2.05) is 19.1 Å². The first kappa shape index (κ1) is 27.9. The molecule has 2 N–H and O–H groups in total. The first-order valence-corrected chi connectivity index (χ1v) is 13.0. The van der Waals surface area contributed by atoms with Crippen molar-refractivity contribution >= 4 is 35.2 Å². The third-order valence-electron chi connectivity index (χ3n) is 5.88. The van der Waals surface area contributed by atoms with Gasteiger partial charge in [-0.1, -0.05) is 25.5 Å². The number of carboxylic acids is 1. The van der Waals surface area contributed by atoms with Gasteiger partial charge in [-0.25, -0.2) is 9.78 Å². The molecule has 1 aliphatic rings. The molecule has 0 spiro atoms. The number of carbonyl (C=O) groups excluding carboxylic acids is 3. The summed E-state index contributed by atoms with van der Waals surface area (Å²) in [5.74, 6) is -1.36. The Morgan fingerprint density at radius 2 is 1.89 bits per heavy atom. The number of carbonyl (C=O) groups is 4. The zero-order chi connectivity index (χ0) is 26.8. The number of unbranched alkanes of at least 4 members (excludes halogenated alkanes) is 1. The molecule has 2 aromatic rings. The van der Waals surface area contributed by atoms with E-state index in [0.717, 1.165) is 18.4 Å². The molecule has 0 radical (unpaired) electrons. The van der Waals surface area contributed by atoms with Crippen LogP contribution in [0.3, 0.4) is 0 Å². The third kappa shape index (κ3) is 7.91. The number of hydrogen-bond donors (Lipinski definition) is 2. The van der Waals surface area contributed by atoms with Crippen LogP contribution in [0.25, 0.3) is 10.6 Å². The van der Waals surface area contributed by atoms with Crippen LogP contribution >= 0.6 is 11.3 Å². The van der Waals surface area contributed by atoms with E-state index in [1.54, 1.807) is 29.5 Å². The predicted molar refractivity (Wildman–Crippen MR) is 137 cm³/mol. The number of hydrogen-bond acceptors (Lipinski definition) is 8. The highest BCUT2D eigenvalue weighted by Gasteiger charge is 2.31. The largest absolute Gasteiger partial charge is 0.497 e. The Hall–Kier alpha value is -3.67. The van der Waals surface area contributed by atoms with E-state index < -0.39 is 29.9 Å². The minimum Gasteiger partial charge on any atom is -0.497 e. The predicted octanol–water partition coefficient (Wildman–Crippen LogP) is 2.86. The number of methoxy groups -OCH3 is 1. The summed E-state index contributed by atoms with van der Waals surface area (Å²) in [5.41, 5.74) is 0.920. The highest BCUT2D eigenvalue weighted by molar-refractivity contribution is 7.13. The lowest BCUT2D eigenvalue weighted by Crippen LogP contribution is -2.56. The van der Waals surface area contributed by atoms with Crippen LogP contribution in [0.15, 0.2) is 29.6 Å². The number of thiazole rings is 1. The van der Waals surface area contributed by atoms with Gasteiger partial charge in [0.15, 0.2) is 0 Å². The Labute approximate surface area is 219 Å². The molecular weight excluding hydrogens is 500 g/mol. The van der Waals surface area contributed by atoms with E-state index in [4.69, 9.17) is 14.6 Å². The summed E-state index contributed by atoms with van der Waals surface area (Å²) in [4.78, 5) is 57.0. The lowest BCUT2D eigenvalue weighted by molar-refractivity contribution is -0.138. The normalized spacial score (nSPS) is 14.1. The molecule has 1 aromatic heterocycles. The Kier molecular flexibility index (Phi) is 10.2. The molecule has 11 nitrogen and oxygen atoms in total. The molecule has 3 amide bonds. The Balaban J connectivity index is 1.63. The molecule has 3 rings (SSSR count). The fourth-order valence-corrected chi connectivity index (χ4v) is 4.55. The molecule has 1 saturated heterocycles. The summed E-state index contributed by atoms with van der Waals surface area (Å²) >= 11 is 1.28. The van der Waals surface area contributed by atoms with Crippen molar-refractivity contribution in [2.24, 2.45) is 0 Å². The fraction of sp³-hybridized carbons (Fsp3) is 0.480. The van der Waals surface area contributed by atoms with E-state index in [9.17, 15) is 19.2 Å². The van der Waals surface area contributed by atoms with Crippen LogP contribution in [-0.2, 0) is 14.3 Å². The molecule has 1 aliphatic heterocycles. The number of nitrogens with zero attached hydrogens (tertiary/aromatic N) is 3. The van der Waals surface area contributed by atoms with Gasteiger partial charge < -0.3 is 29.7 Å². The van der Waals surface area contributed by atoms with E-state index in [2.05, 4.69) is 10.3 Å². The lowest BCUT2D eigenvalue weighted by atomic mass is 10.1. The summed E-state index contributed by atoms with van der Waals surface area (Å²) in [7, 11) is 1.56. The number of amides is 3. The SMILES string of the molecule is CCCCOC(=O)N1CCN(C(=O)C(CCC(=O)O)NC(=O)c2csc(-c3cccc(OC)c3)n2)CC1. The van der Waals surface area contributed by atoms with Crippen LogP contribution in [0.4, 0.5) is 4.79 Å². The Morgan fingerprint density at radius 1 is 1.16 bits per heavy atom. The lowest BCUT2D eigenvalue weighted by Gasteiger charge is -2.36. The Bertz CT molecular complexity index is 1100. The van der Waals surface area contributed by atoms with Crippen molar-refractivity contribution in [2.45, 2.75) is 38.6 Å². The van der Waals surface area contributed by atoms with Crippen molar-refractivity contribution in [1.82, 2.24) is 20.1 Å². The average molecular weight is 533 g/mol. The number of nitrogens with one attached hydrogen (secondary N) is 1. The molecule has 1 unspecified atom stereocenters. The Morgan fingerprint density at radius 3 is 2.57 bits per heavy atom. The van der Waals surface area contributed by atoms with Crippen LogP contribution < -0.4 is 10.1 Å². The summed E-state index contributed by atoms with van der Waals surface area (Å²) in [6.45, 7) is 3.48. The number of aromatic nitrogens is 1. The van der Waals surface area contributed by atoms with Crippen LogP contribution in [0.2, 0.25) is 0 Å². The smallest absolute Gasteiger partial charge is 0.409 e. The van der Waals surface area contributed by atoms with Crippen molar-refractivity contribution in [3.05, 3.63) is 35.3 Å². The second kappa shape index (κ2) is 13.6. The van der Waals surface area contributed by atoms with Gasteiger partial charge in [0.1, 0.15) is 22.5 Å². The maximum Gasteiger partial charge on any atom is 0.409 e. The molecule has 0 aliphatic carbocycles. The second-order valence-corrected chi connectivity index (χ2v) is 9.37. The number of piperazine rings is 1. The fourth-order valence-electron chi connectivity index (χ4n) is 3.75. The van der Waals surface area contributed by atoms with Crippen molar-refractivity contribution in [1.29, 1.82) is 0 Å². The number of benzene rings is 1. The van der Waals surface area contributed by atoms with Gasteiger partial charge in [0, 0.05) is 43.5 Å². The molecule has 12 heteroatoms. The molecule has 1 fully saturated rings. The third-order valence-corrected chi connectivity index (χ3v) is 6.77. The standard InChI is InChI=1S/C25H32N4O7S/c1-3-4-14-36-25(34)29-12-10-28(11-13-29)24(33)19(8-9-21(30)31)26-22(32)20-16-37-23(27-20)17-6-5-7-18(15-17)35-2/h5-7,15-16,19H,3-4,8-14H2,1-2H3,(H,26,32)(H,30,31). The molecule has 37 heavy (non-hydrogen) atoms. The van der Waals surface area contributed by atoms with Gasteiger partial charge >= 0.3 is 12.1 Å². The molecule has 0 bridgehead atoms. The van der Waals surface area contributed by atoms with E-state index in [-0.39, 0.29) is 31.6 Å². The van der Waals surface area contributed by atoms with Crippen LogP contribution in [0.1, 0.15) is 43.1 Å². The van der Waals surface area contributed by atoms with E-state index >= 15 is 0 Å². The first-order valence-electron chi connectivity index (χ1n) is 12.2. The minimum absolute atomic E-state index is 0.0634. The summed E-state index contributed by atoms with van der Waals surface area (Å²) in [6, 6.07) is 6.24. The van der Waals surface area contributed by atoms with Crippen molar-refractivity contribution in [2.75, 3.05) is 39.9 Å². The van der Waals surface area contributed by atoms with Gasteiger partial charge in [-0.3, -0.25) is 14.4 Å². The van der Waals surface area contributed by atoms with Gasteiger partial charge in [-0.05, 0) is 25.0 Å². The zero-order valence-corrected chi connectivity index (χ0v) is 21.8. The summed E-state index contributed by atoms with van der Waals surface area (Å²) in [5, 5.41) is 14.0. The van der Waals surface area contributed by atoms with Crippen molar-refractivity contribution in [3.63, 3.8) is 0 Å². The molecular formula is C25H32N4O7S. The molecule has 200 valence electrons. The zero-order valence-electron chi connectivity index (χ0n) is 21.0. The van der Waals surface area contributed by atoms with Crippen LogP contribution in [0, 0.1) is 0 Å². The quantitative estimate of drug-likeness (QED) is 0.421. The first-order chi connectivity index (χ1) is 17.8. The highest BCUT2D eigenvalue weighted by Crippen LogP contribution is 2.27. The minimum atomic E-state index is -1.07. The summed E-state index contributed by atoms with van der Waals surface area (Å²) in [6.07, 6.45) is 0.947. The van der Waals surface area contributed by atoms with Gasteiger partial charge in [0.2, 0.25) is 5.91 Å². The van der Waals surface area contributed by atoms with E-state index in [0.29, 0.717) is 30.5 Å². The maximum absolute atomic E-state index is 13.2. The van der Waals surface area contributed by atoms with Gasteiger partial charge in [0.05, 0.1) is 13.7 Å². The van der Waals surface area contributed by atoms with Crippen LogP contribution in [-0.4, -0.2) is 89.7 Å². The summed E-state index contributed by atoms with van der Waals surface area (Å²) < 4.78 is 10.5. The number of carboxylic acid groups (broad SMARTS) is 1. The molecule has 2 heterocycles. The van der Waals surface area contributed by atoms with Gasteiger partial charge in [-0.15, -0.1) is 11.3 Å². The number of ether oxygens (including phenoxy) is 2. The molecule has 1 atom stereocenters. The molecule has 0 saturated carbocycles. The average Bonchev–Trinajstić information content (AvgIpc) is 3.41. The highest BCUT2D eigenvalue weighted by atomic mass is 32.1. The number of aliphatic carboxylic acids is 1. The van der Waals surface area contributed by atoms with Gasteiger partial charge in [0.25, 0.3) is 5.91 Å². The van der Waals surface area contributed by atoms with E-state index in [1.165, 1.54) is 16.2 Å². The second-order valence-electron chi connectivity index (χ2n) is 8.51. The maximum atomic E-state index is 13.2. The van der Waals surface area contributed by atoms with Crippen molar-refractivity contribution in [3.8, 4) is 16.3 Å². The topological polar surface area (TPSA) is 138 Å².